The summed E-state index contributed by atoms with van der Waals surface area (Å²) in [4.78, 5) is 26.3. The first kappa shape index (κ1) is 20.9. The average Bonchev–Trinajstić information content (AvgIpc) is 3.02. The normalized spacial score (nSPS) is 15.6. The van der Waals surface area contributed by atoms with E-state index < -0.39 is 23.7 Å². The Morgan fingerprint density at radius 3 is 2.34 bits per heavy atom. The standard InChI is InChI=1S/C19H23F3N4O3/c1-24-17(19(20,21)22)23-26(18(24)28)14-9-11-25(12-10-14)16(27)8-5-13-3-6-15(29-2)7-4-13/h3-4,6-7,14H,5,8-12H2,1-2H3. The summed E-state index contributed by atoms with van der Waals surface area (Å²) in [5.74, 6) is -0.468. The SMILES string of the molecule is COc1ccc(CCC(=O)N2CCC(n3nc(C(F)(F)F)n(C)c3=O)CC2)cc1. The lowest BCUT2D eigenvalue weighted by Gasteiger charge is -2.31. The second-order valence-corrected chi connectivity index (χ2v) is 7.07. The number of piperidine rings is 1. The molecule has 10 heteroatoms. The maximum Gasteiger partial charge on any atom is 0.451 e. The van der Waals surface area contributed by atoms with Crippen molar-refractivity contribution in [3.8, 4) is 5.75 Å². The number of carbonyl (C=O) groups excluding carboxylic acids is 1. The van der Waals surface area contributed by atoms with Crippen LogP contribution in [0.3, 0.4) is 0 Å². The number of halogens is 3. The first-order chi connectivity index (χ1) is 13.7. The molecule has 0 saturated carbocycles. The minimum absolute atomic E-state index is 0.0105. The zero-order valence-electron chi connectivity index (χ0n) is 16.3. The predicted octanol–water partition coefficient (Wildman–Crippen LogP) is 2.41. The second kappa shape index (κ2) is 8.30. The van der Waals surface area contributed by atoms with E-state index in [0.717, 1.165) is 23.0 Å². The third-order valence-corrected chi connectivity index (χ3v) is 5.21. The highest BCUT2D eigenvalue weighted by Crippen LogP contribution is 2.28. The van der Waals surface area contributed by atoms with Crippen molar-refractivity contribution in [2.45, 2.75) is 37.9 Å². The van der Waals surface area contributed by atoms with Crippen molar-refractivity contribution >= 4 is 5.91 Å². The van der Waals surface area contributed by atoms with Gasteiger partial charge in [-0.3, -0.25) is 9.36 Å². The molecule has 1 aliphatic rings. The Hall–Kier alpha value is -2.78. The molecule has 1 saturated heterocycles. The average molecular weight is 412 g/mol. The van der Waals surface area contributed by atoms with Crippen molar-refractivity contribution in [2.24, 2.45) is 7.05 Å². The van der Waals surface area contributed by atoms with E-state index in [1.165, 1.54) is 0 Å². The number of amides is 1. The molecule has 1 amide bonds. The van der Waals surface area contributed by atoms with Gasteiger partial charge < -0.3 is 9.64 Å². The molecule has 29 heavy (non-hydrogen) atoms. The summed E-state index contributed by atoms with van der Waals surface area (Å²) >= 11 is 0. The van der Waals surface area contributed by atoms with Gasteiger partial charge in [0.2, 0.25) is 11.7 Å². The molecule has 0 bridgehead atoms. The number of benzene rings is 1. The van der Waals surface area contributed by atoms with Gasteiger partial charge >= 0.3 is 11.9 Å². The van der Waals surface area contributed by atoms with Crippen LogP contribution in [0.25, 0.3) is 0 Å². The first-order valence-electron chi connectivity index (χ1n) is 9.34. The van der Waals surface area contributed by atoms with Gasteiger partial charge in [-0.1, -0.05) is 12.1 Å². The van der Waals surface area contributed by atoms with E-state index in [-0.39, 0.29) is 5.91 Å². The number of alkyl halides is 3. The van der Waals surface area contributed by atoms with Gasteiger partial charge in [0, 0.05) is 26.6 Å². The number of ether oxygens (including phenoxy) is 1. The fourth-order valence-corrected chi connectivity index (χ4v) is 3.50. The van der Waals surface area contributed by atoms with Crippen LogP contribution in [0, 0.1) is 0 Å². The Labute approximate surface area is 165 Å². The number of methoxy groups -OCH3 is 1. The minimum Gasteiger partial charge on any atom is -0.497 e. The summed E-state index contributed by atoms with van der Waals surface area (Å²) in [6.07, 6.45) is -2.96. The van der Waals surface area contributed by atoms with E-state index >= 15 is 0 Å². The molecule has 2 heterocycles. The number of hydrogen-bond donors (Lipinski definition) is 0. The maximum atomic E-state index is 12.9. The van der Waals surface area contributed by atoms with E-state index in [1.807, 2.05) is 24.3 Å². The number of likely N-dealkylation sites (tertiary alicyclic amines) is 1. The van der Waals surface area contributed by atoms with Gasteiger partial charge in [-0.05, 0) is 37.0 Å². The number of aryl methyl sites for hydroxylation is 1. The van der Waals surface area contributed by atoms with Crippen LogP contribution in [0.1, 0.15) is 36.7 Å². The van der Waals surface area contributed by atoms with E-state index in [9.17, 15) is 22.8 Å². The maximum absolute atomic E-state index is 12.9. The fourth-order valence-electron chi connectivity index (χ4n) is 3.50. The van der Waals surface area contributed by atoms with Gasteiger partial charge in [0.15, 0.2) is 0 Å². The number of rotatable bonds is 5. The van der Waals surface area contributed by atoms with Gasteiger partial charge in [0.05, 0.1) is 13.2 Å². The van der Waals surface area contributed by atoms with Crippen LogP contribution in [0.5, 0.6) is 5.75 Å². The summed E-state index contributed by atoms with van der Waals surface area (Å²) in [7, 11) is 2.65. The van der Waals surface area contributed by atoms with Gasteiger partial charge in [-0.15, -0.1) is 5.10 Å². The Bertz CT molecular complexity index is 910. The molecule has 0 N–H and O–H groups in total. The molecule has 0 atom stereocenters. The molecular formula is C19H23F3N4O3. The second-order valence-electron chi connectivity index (χ2n) is 7.07. The lowest BCUT2D eigenvalue weighted by atomic mass is 10.0. The lowest BCUT2D eigenvalue weighted by Crippen LogP contribution is -2.41. The predicted molar refractivity (Wildman–Crippen MR) is 98.6 cm³/mol. The smallest absolute Gasteiger partial charge is 0.451 e. The summed E-state index contributed by atoms with van der Waals surface area (Å²) in [5, 5.41) is 3.49. The van der Waals surface area contributed by atoms with Gasteiger partial charge in [0.25, 0.3) is 0 Å². The van der Waals surface area contributed by atoms with E-state index in [2.05, 4.69) is 5.10 Å². The van der Waals surface area contributed by atoms with Crippen LogP contribution in [0.4, 0.5) is 13.2 Å². The molecule has 2 aromatic rings. The summed E-state index contributed by atoms with van der Waals surface area (Å²) in [6.45, 7) is 0.771. The van der Waals surface area contributed by atoms with Crippen LogP contribution >= 0.6 is 0 Å². The zero-order valence-corrected chi connectivity index (χ0v) is 16.3. The molecule has 3 rings (SSSR count). The molecule has 1 fully saturated rings. The van der Waals surface area contributed by atoms with Crippen LogP contribution < -0.4 is 10.4 Å². The molecule has 0 radical (unpaired) electrons. The van der Waals surface area contributed by atoms with Crippen molar-refractivity contribution in [3.63, 3.8) is 0 Å². The lowest BCUT2D eigenvalue weighted by molar-refractivity contribution is -0.147. The highest BCUT2D eigenvalue weighted by molar-refractivity contribution is 5.76. The number of carbonyl (C=O) groups is 1. The molecule has 158 valence electrons. The number of hydrogen-bond acceptors (Lipinski definition) is 4. The van der Waals surface area contributed by atoms with Crippen LogP contribution in [0.2, 0.25) is 0 Å². The van der Waals surface area contributed by atoms with Crippen LogP contribution in [-0.2, 0) is 24.4 Å². The Balaban J connectivity index is 1.56. The molecule has 1 aromatic carbocycles. The van der Waals surface area contributed by atoms with Gasteiger partial charge in [0.1, 0.15) is 5.75 Å². The van der Waals surface area contributed by atoms with E-state index in [0.29, 0.717) is 43.3 Å². The molecule has 1 aliphatic heterocycles. The summed E-state index contributed by atoms with van der Waals surface area (Å²) in [5.41, 5.74) is 0.232. The fraction of sp³-hybridized carbons (Fsp3) is 0.526. The number of aromatic nitrogens is 3. The molecule has 0 unspecified atom stereocenters. The number of nitrogens with zero attached hydrogens (tertiary/aromatic N) is 4. The molecule has 7 nitrogen and oxygen atoms in total. The minimum atomic E-state index is -4.68. The molecular weight excluding hydrogens is 389 g/mol. The summed E-state index contributed by atoms with van der Waals surface area (Å²) in [6, 6.07) is 7.04. The first-order valence-corrected chi connectivity index (χ1v) is 9.34. The molecule has 1 aromatic heterocycles. The Morgan fingerprint density at radius 2 is 1.83 bits per heavy atom. The van der Waals surface area contributed by atoms with Gasteiger partial charge in [-0.25, -0.2) is 9.48 Å². The van der Waals surface area contributed by atoms with Gasteiger partial charge in [-0.2, -0.15) is 13.2 Å². The van der Waals surface area contributed by atoms with Crippen molar-refractivity contribution in [1.82, 2.24) is 19.2 Å². The van der Waals surface area contributed by atoms with Crippen molar-refractivity contribution in [2.75, 3.05) is 20.2 Å². The summed E-state index contributed by atoms with van der Waals surface area (Å²) < 4.78 is 45.4. The van der Waals surface area contributed by atoms with Crippen LogP contribution in [-0.4, -0.2) is 45.4 Å². The monoisotopic (exact) mass is 412 g/mol. The van der Waals surface area contributed by atoms with E-state index in [1.54, 1.807) is 12.0 Å². The Kier molecular flexibility index (Phi) is 5.99. The largest absolute Gasteiger partial charge is 0.497 e. The third-order valence-electron chi connectivity index (χ3n) is 5.21. The molecule has 0 spiro atoms. The van der Waals surface area contributed by atoms with Crippen molar-refractivity contribution in [3.05, 3.63) is 46.1 Å². The topological polar surface area (TPSA) is 69.4 Å². The highest BCUT2D eigenvalue weighted by atomic mass is 19.4. The molecule has 0 aliphatic carbocycles. The van der Waals surface area contributed by atoms with Crippen LogP contribution in [0.15, 0.2) is 29.1 Å². The van der Waals surface area contributed by atoms with Crippen molar-refractivity contribution in [1.29, 1.82) is 0 Å². The van der Waals surface area contributed by atoms with E-state index in [4.69, 9.17) is 4.74 Å². The Morgan fingerprint density at radius 1 is 1.21 bits per heavy atom. The zero-order chi connectivity index (χ0) is 21.2. The third kappa shape index (κ3) is 4.63. The quantitative estimate of drug-likeness (QED) is 0.756. The highest BCUT2D eigenvalue weighted by Gasteiger charge is 2.39. The van der Waals surface area contributed by atoms with Crippen molar-refractivity contribution < 1.29 is 22.7 Å².